The third kappa shape index (κ3) is 7.57. The number of ether oxygens (including phenoxy) is 1. The second-order valence-electron chi connectivity index (χ2n) is 13.2. The van der Waals surface area contributed by atoms with E-state index in [1.54, 1.807) is 0 Å². The Morgan fingerprint density at radius 1 is 0.971 bits per heavy atom. The summed E-state index contributed by atoms with van der Waals surface area (Å²) < 4.78 is 27.3. The molecule has 0 saturated carbocycles. The van der Waals surface area contributed by atoms with Crippen LogP contribution in [0, 0.1) is 5.92 Å². The van der Waals surface area contributed by atoms with Crippen LogP contribution in [-0.4, -0.2) is 31.0 Å². The highest BCUT2D eigenvalue weighted by atomic mass is 28.5. The topological polar surface area (TPSA) is 36.9 Å². The molecule has 198 valence electrons. The first-order valence-electron chi connectivity index (χ1n) is 13.6. The van der Waals surface area contributed by atoms with E-state index in [-0.39, 0.29) is 5.60 Å². The van der Waals surface area contributed by atoms with Crippen LogP contribution in [0.4, 0.5) is 0 Å². The second kappa shape index (κ2) is 10.5. The molecule has 1 aromatic carbocycles. The first kappa shape index (κ1) is 28.7. The highest BCUT2D eigenvalue weighted by Crippen LogP contribution is 2.54. The molecule has 0 radical (unpaired) electrons. The second-order valence-corrected chi connectivity index (χ2v) is 25.3. The Morgan fingerprint density at radius 3 is 2.17 bits per heavy atom. The van der Waals surface area contributed by atoms with Crippen molar-refractivity contribution in [3.05, 3.63) is 34.9 Å². The van der Waals surface area contributed by atoms with E-state index in [1.165, 1.54) is 36.0 Å². The van der Waals surface area contributed by atoms with E-state index in [2.05, 4.69) is 91.7 Å². The standard InChI is InChI=1S/C28H50O4Si3/c1-12-13-14-15-22-19-25-27(23-18-21(2)16-17-24(23)28(3,4)29-25)26(20-22)30-35(11,31-33(5,6)7)32-34(8,9)10/h18-20,23-24H,12-17H2,1-11H3/t23-,24-/m1/s1. The lowest BCUT2D eigenvalue weighted by Gasteiger charge is -2.47. The zero-order valence-corrected chi connectivity index (χ0v) is 27.3. The van der Waals surface area contributed by atoms with Crippen molar-refractivity contribution >= 4 is 25.4 Å². The number of benzene rings is 1. The average Bonchev–Trinajstić information content (AvgIpc) is 2.63. The molecule has 1 aliphatic carbocycles. The lowest BCUT2D eigenvalue weighted by Crippen LogP contribution is -2.57. The van der Waals surface area contributed by atoms with E-state index in [9.17, 15) is 0 Å². The normalized spacial score (nSPS) is 22.1. The largest absolute Gasteiger partial charge is 0.541 e. The molecule has 0 bridgehead atoms. The molecule has 0 fully saturated rings. The van der Waals surface area contributed by atoms with E-state index < -0.39 is 25.4 Å². The molecule has 35 heavy (non-hydrogen) atoms. The molecule has 2 aliphatic rings. The Balaban J connectivity index is 2.14. The van der Waals surface area contributed by atoms with Gasteiger partial charge in [0, 0.05) is 23.9 Å². The molecule has 1 aromatic rings. The molecule has 2 atom stereocenters. The predicted octanol–water partition coefficient (Wildman–Crippen LogP) is 8.68. The average molecular weight is 535 g/mol. The number of unbranched alkanes of at least 4 members (excludes halogenated alkanes) is 2. The summed E-state index contributed by atoms with van der Waals surface area (Å²) in [5, 5.41) is 0. The summed E-state index contributed by atoms with van der Waals surface area (Å²) in [7, 11) is -6.74. The third-order valence-corrected chi connectivity index (χ3v) is 15.3. The minimum atomic E-state index is -2.94. The van der Waals surface area contributed by atoms with E-state index >= 15 is 0 Å². The summed E-state index contributed by atoms with van der Waals surface area (Å²) >= 11 is 0. The summed E-state index contributed by atoms with van der Waals surface area (Å²) in [5.74, 6) is 2.63. The summed E-state index contributed by atoms with van der Waals surface area (Å²) in [6.07, 6.45) is 9.40. The lowest BCUT2D eigenvalue weighted by atomic mass is 9.68. The Labute approximate surface area is 218 Å². The maximum atomic E-state index is 7.01. The minimum Gasteiger partial charge on any atom is -0.501 e. The quantitative estimate of drug-likeness (QED) is 0.171. The molecule has 0 aromatic heterocycles. The van der Waals surface area contributed by atoms with Crippen molar-refractivity contribution in [3.8, 4) is 11.5 Å². The van der Waals surface area contributed by atoms with Gasteiger partial charge < -0.3 is 17.4 Å². The fraction of sp³-hybridized carbons (Fsp3) is 0.714. The fourth-order valence-corrected chi connectivity index (χ4v) is 16.1. The van der Waals surface area contributed by atoms with Gasteiger partial charge in [-0.1, -0.05) is 31.4 Å². The Morgan fingerprint density at radius 2 is 1.60 bits per heavy atom. The third-order valence-electron chi connectivity index (χ3n) is 6.86. The maximum absolute atomic E-state index is 7.01. The summed E-state index contributed by atoms with van der Waals surface area (Å²) in [6.45, 7) is 24.5. The monoisotopic (exact) mass is 534 g/mol. The van der Waals surface area contributed by atoms with Gasteiger partial charge in [0.25, 0.3) is 0 Å². The van der Waals surface area contributed by atoms with Gasteiger partial charge in [-0.25, -0.2) is 0 Å². The Kier molecular flexibility index (Phi) is 8.59. The summed E-state index contributed by atoms with van der Waals surface area (Å²) in [6, 6.07) is 4.56. The maximum Gasteiger partial charge on any atom is 0.541 e. The SMILES string of the molecule is CCCCCc1cc2c(c(O[Si](C)(O[Si](C)(C)C)O[Si](C)(C)C)c1)[C@@H]1C=C(C)CC[C@H]1C(C)(C)O2. The smallest absolute Gasteiger partial charge is 0.501 e. The van der Waals surface area contributed by atoms with Crippen LogP contribution >= 0.6 is 0 Å². The molecule has 0 spiro atoms. The van der Waals surface area contributed by atoms with Crippen LogP contribution in [0.3, 0.4) is 0 Å². The van der Waals surface area contributed by atoms with Gasteiger partial charge in [-0.15, -0.1) is 0 Å². The zero-order valence-electron chi connectivity index (χ0n) is 24.3. The molecule has 0 unspecified atom stereocenters. The Hall–Kier alpha value is -0.869. The van der Waals surface area contributed by atoms with Crippen LogP contribution in [0.15, 0.2) is 23.8 Å². The van der Waals surface area contributed by atoms with Crippen LogP contribution < -0.4 is 9.16 Å². The number of allylic oxidation sites excluding steroid dienone is 2. The highest BCUT2D eigenvalue weighted by molar-refractivity contribution is 6.85. The van der Waals surface area contributed by atoms with Gasteiger partial charge in [0.1, 0.15) is 17.1 Å². The van der Waals surface area contributed by atoms with Crippen molar-refractivity contribution in [2.24, 2.45) is 5.92 Å². The van der Waals surface area contributed by atoms with Crippen molar-refractivity contribution in [3.63, 3.8) is 0 Å². The lowest BCUT2D eigenvalue weighted by molar-refractivity contribution is 0.0108. The first-order chi connectivity index (χ1) is 16.0. The van der Waals surface area contributed by atoms with E-state index in [1.807, 2.05) is 0 Å². The van der Waals surface area contributed by atoms with E-state index in [4.69, 9.17) is 17.4 Å². The fourth-order valence-electron chi connectivity index (χ4n) is 5.74. The molecule has 7 heteroatoms. The van der Waals surface area contributed by atoms with Crippen molar-refractivity contribution in [2.45, 2.75) is 124 Å². The van der Waals surface area contributed by atoms with Crippen molar-refractivity contribution in [1.82, 2.24) is 0 Å². The number of fused-ring (bicyclic) bond motifs is 3. The van der Waals surface area contributed by atoms with Gasteiger partial charge in [0.15, 0.2) is 16.6 Å². The summed E-state index contributed by atoms with van der Waals surface area (Å²) in [5.41, 5.74) is 3.74. The number of rotatable bonds is 10. The molecule has 1 heterocycles. The number of hydrogen-bond donors (Lipinski definition) is 0. The van der Waals surface area contributed by atoms with Crippen LogP contribution in [0.25, 0.3) is 0 Å². The minimum absolute atomic E-state index is 0.210. The van der Waals surface area contributed by atoms with Gasteiger partial charge in [0.2, 0.25) is 0 Å². The molecule has 0 saturated heterocycles. The molecule has 4 nitrogen and oxygen atoms in total. The first-order valence-corrected chi connectivity index (χ1v) is 22.7. The highest BCUT2D eigenvalue weighted by Gasteiger charge is 2.49. The van der Waals surface area contributed by atoms with Gasteiger partial charge in [-0.3, -0.25) is 0 Å². The van der Waals surface area contributed by atoms with Gasteiger partial charge in [-0.2, -0.15) is 0 Å². The van der Waals surface area contributed by atoms with Crippen molar-refractivity contribution in [2.75, 3.05) is 0 Å². The number of hydrogen-bond acceptors (Lipinski definition) is 4. The van der Waals surface area contributed by atoms with Crippen molar-refractivity contribution in [1.29, 1.82) is 0 Å². The van der Waals surface area contributed by atoms with Gasteiger partial charge >= 0.3 is 8.80 Å². The molecular formula is C28H50O4Si3. The molecule has 0 N–H and O–H groups in total. The zero-order chi connectivity index (χ0) is 26.2. The van der Waals surface area contributed by atoms with Crippen LogP contribution in [-0.2, 0) is 14.7 Å². The van der Waals surface area contributed by atoms with Gasteiger partial charge in [0.05, 0.1) is 0 Å². The molecule has 1 aliphatic heterocycles. The van der Waals surface area contributed by atoms with Crippen LogP contribution in [0.2, 0.25) is 45.8 Å². The molecular weight excluding hydrogens is 485 g/mol. The molecule has 0 amide bonds. The molecule has 3 rings (SSSR count). The number of aryl methyl sites for hydroxylation is 1. The van der Waals surface area contributed by atoms with Gasteiger partial charge in [-0.05, 0) is 103 Å². The summed E-state index contributed by atoms with van der Waals surface area (Å²) in [4.78, 5) is 0. The van der Waals surface area contributed by atoms with E-state index in [0.717, 1.165) is 30.8 Å². The van der Waals surface area contributed by atoms with E-state index in [0.29, 0.717) is 11.8 Å². The van der Waals surface area contributed by atoms with Crippen LogP contribution in [0.1, 0.15) is 76.8 Å². The Bertz CT molecular complexity index is 911. The van der Waals surface area contributed by atoms with Crippen molar-refractivity contribution < 1.29 is 17.4 Å². The predicted molar refractivity (Wildman–Crippen MR) is 155 cm³/mol. The van der Waals surface area contributed by atoms with Crippen LogP contribution in [0.5, 0.6) is 11.5 Å².